The molecular formula is C16H21F2N3O2. The molecule has 1 unspecified atom stereocenters. The second kappa shape index (κ2) is 6.88. The number of aromatic nitrogens is 1. The second-order valence-corrected chi connectivity index (χ2v) is 6.14. The molecule has 1 amide bonds. The molecule has 2 fully saturated rings. The molecule has 3 heterocycles. The topological polar surface area (TPSA) is 45.7 Å². The highest BCUT2D eigenvalue weighted by Gasteiger charge is 2.38. The lowest BCUT2D eigenvalue weighted by molar-refractivity contribution is -0.155. The Kier molecular flexibility index (Phi) is 4.87. The van der Waals surface area contributed by atoms with Crippen LogP contribution in [0.3, 0.4) is 0 Å². The van der Waals surface area contributed by atoms with Crippen LogP contribution in [0.25, 0.3) is 0 Å². The molecule has 1 atom stereocenters. The number of likely N-dealkylation sites (tertiary alicyclic amines) is 1. The van der Waals surface area contributed by atoms with Gasteiger partial charge in [0.2, 0.25) is 0 Å². The quantitative estimate of drug-likeness (QED) is 0.846. The van der Waals surface area contributed by atoms with Gasteiger partial charge in [-0.1, -0.05) is 6.07 Å². The van der Waals surface area contributed by atoms with E-state index >= 15 is 0 Å². The van der Waals surface area contributed by atoms with Crippen LogP contribution in [0.4, 0.5) is 8.78 Å². The highest BCUT2D eigenvalue weighted by Crippen LogP contribution is 2.28. The molecule has 7 heteroatoms. The Bertz CT molecular complexity index is 531. The molecule has 0 N–H and O–H groups in total. The fourth-order valence-electron chi connectivity index (χ4n) is 3.00. The Morgan fingerprint density at radius 2 is 2.13 bits per heavy atom. The van der Waals surface area contributed by atoms with Crippen LogP contribution in [-0.2, 0) is 16.1 Å². The lowest BCUT2D eigenvalue weighted by Gasteiger charge is -2.37. The van der Waals surface area contributed by atoms with E-state index in [0.29, 0.717) is 19.7 Å². The number of pyridine rings is 1. The summed E-state index contributed by atoms with van der Waals surface area (Å²) in [4.78, 5) is 20.2. The molecule has 126 valence electrons. The Balaban J connectivity index is 1.55. The van der Waals surface area contributed by atoms with E-state index in [1.54, 1.807) is 12.4 Å². The number of halogens is 2. The van der Waals surface area contributed by atoms with E-state index in [9.17, 15) is 13.6 Å². The van der Waals surface area contributed by atoms with Gasteiger partial charge in [0.05, 0.1) is 6.61 Å². The third kappa shape index (κ3) is 4.23. The van der Waals surface area contributed by atoms with Gasteiger partial charge in [-0.25, -0.2) is 8.78 Å². The van der Waals surface area contributed by atoms with Crippen LogP contribution in [0, 0.1) is 0 Å². The summed E-state index contributed by atoms with van der Waals surface area (Å²) >= 11 is 0. The molecule has 0 aliphatic carbocycles. The van der Waals surface area contributed by atoms with Crippen LogP contribution in [-0.4, -0.2) is 65.5 Å². The van der Waals surface area contributed by atoms with E-state index in [1.807, 2.05) is 12.1 Å². The molecule has 1 aromatic rings. The second-order valence-electron chi connectivity index (χ2n) is 6.14. The van der Waals surface area contributed by atoms with Crippen molar-refractivity contribution >= 4 is 5.91 Å². The van der Waals surface area contributed by atoms with Crippen molar-refractivity contribution < 1.29 is 18.3 Å². The monoisotopic (exact) mass is 325 g/mol. The van der Waals surface area contributed by atoms with E-state index in [2.05, 4.69) is 9.88 Å². The lowest BCUT2D eigenvalue weighted by atomic mass is 10.1. The van der Waals surface area contributed by atoms with Crippen molar-refractivity contribution in [3.05, 3.63) is 30.1 Å². The SMILES string of the molecule is O=C(C1CN(Cc2cccnc2)CCO1)N1CCC(F)(F)CC1. The summed E-state index contributed by atoms with van der Waals surface area (Å²) in [6, 6.07) is 3.87. The number of piperidine rings is 1. The Labute approximate surface area is 134 Å². The van der Waals surface area contributed by atoms with Gasteiger partial charge in [-0.15, -0.1) is 0 Å². The molecule has 2 aliphatic heterocycles. The van der Waals surface area contributed by atoms with Crippen LogP contribution in [0.1, 0.15) is 18.4 Å². The Hall–Kier alpha value is -1.60. The molecule has 2 aliphatic rings. The number of ether oxygens (including phenoxy) is 1. The molecule has 3 rings (SSSR count). The van der Waals surface area contributed by atoms with Crippen molar-refractivity contribution in [1.82, 2.24) is 14.8 Å². The molecule has 5 nitrogen and oxygen atoms in total. The minimum atomic E-state index is -2.64. The number of carbonyl (C=O) groups is 1. The maximum Gasteiger partial charge on any atom is 0.253 e. The normalized spacial score (nSPS) is 25.3. The Morgan fingerprint density at radius 3 is 2.83 bits per heavy atom. The predicted octanol–water partition coefficient (Wildman–Crippen LogP) is 1.54. The molecule has 23 heavy (non-hydrogen) atoms. The third-order valence-electron chi connectivity index (χ3n) is 4.36. The number of morpholine rings is 1. The number of rotatable bonds is 3. The van der Waals surface area contributed by atoms with Gasteiger partial charge < -0.3 is 9.64 Å². The van der Waals surface area contributed by atoms with Crippen LogP contribution in [0.2, 0.25) is 0 Å². The van der Waals surface area contributed by atoms with Crippen molar-refractivity contribution in [3.63, 3.8) is 0 Å². The first kappa shape index (κ1) is 16.3. The summed E-state index contributed by atoms with van der Waals surface area (Å²) in [6.07, 6.45) is 2.45. The number of carbonyl (C=O) groups excluding carboxylic acids is 1. The van der Waals surface area contributed by atoms with Gasteiger partial charge >= 0.3 is 0 Å². The molecule has 1 aromatic heterocycles. The van der Waals surface area contributed by atoms with E-state index in [0.717, 1.165) is 12.1 Å². The summed E-state index contributed by atoms with van der Waals surface area (Å²) in [5.74, 6) is -2.81. The molecule has 0 spiro atoms. The fourth-order valence-corrected chi connectivity index (χ4v) is 3.00. The van der Waals surface area contributed by atoms with Crippen molar-refractivity contribution in [2.45, 2.75) is 31.4 Å². The highest BCUT2D eigenvalue weighted by molar-refractivity contribution is 5.81. The number of hydrogen-bond acceptors (Lipinski definition) is 4. The van der Waals surface area contributed by atoms with Gasteiger partial charge in [-0.3, -0.25) is 14.7 Å². The highest BCUT2D eigenvalue weighted by atomic mass is 19.3. The van der Waals surface area contributed by atoms with E-state index in [1.165, 1.54) is 4.90 Å². The molecule has 0 saturated carbocycles. The van der Waals surface area contributed by atoms with Crippen molar-refractivity contribution in [2.24, 2.45) is 0 Å². The zero-order valence-corrected chi connectivity index (χ0v) is 13.0. The van der Waals surface area contributed by atoms with Crippen LogP contribution in [0.15, 0.2) is 24.5 Å². The summed E-state index contributed by atoms with van der Waals surface area (Å²) in [6.45, 7) is 2.62. The Morgan fingerprint density at radius 1 is 1.35 bits per heavy atom. The van der Waals surface area contributed by atoms with Crippen LogP contribution >= 0.6 is 0 Å². The van der Waals surface area contributed by atoms with Gasteiger partial charge in [0, 0.05) is 58.0 Å². The predicted molar refractivity (Wildman–Crippen MR) is 80.0 cm³/mol. The maximum atomic E-state index is 13.2. The molecule has 0 aromatic carbocycles. The number of hydrogen-bond donors (Lipinski definition) is 0. The maximum absolute atomic E-state index is 13.2. The first-order valence-corrected chi connectivity index (χ1v) is 7.93. The van der Waals surface area contributed by atoms with Gasteiger partial charge in [0.25, 0.3) is 11.8 Å². The largest absolute Gasteiger partial charge is 0.366 e. The standard InChI is InChI=1S/C16H21F2N3O2/c17-16(18)3-6-21(7-4-16)15(22)14-12-20(8-9-23-14)11-13-2-1-5-19-10-13/h1-2,5,10,14H,3-4,6-9,11-12H2. The van der Waals surface area contributed by atoms with E-state index in [4.69, 9.17) is 4.74 Å². The van der Waals surface area contributed by atoms with Crippen LogP contribution in [0.5, 0.6) is 0 Å². The molecule has 0 radical (unpaired) electrons. The van der Waals surface area contributed by atoms with E-state index in [-0.39, 0.29) is 31.8 Å². The summed E-state index contributed by atoms with van der Waals surface area (Å²) in [7, 11) is 0. The zero-order chi connectivity index (χ0) is 16.3. The number of nitrogens with zero attached hydrogens (tertiary/aromatic N) is 3. The van der Waals surface area contributed by atoms with Crippen LogP contribution < -0.4 is 0 Å². The molecular weight excluding hydrogens is 304 g/mol. The summed E-state index contributed by atoms with van der Waals surface area (Å²) in [5, 5.41) is 0. The first-order chi connectivity index (χ1) is 11.0. The van der Waals surface area contributed by atoms with Crippen molar-refractivity contribution in [2.75, 3.05) is 32.8 Å². The van der Waals surface area contributed by atoms with Crippen molar-refractivity contribution in [3.8, 4) is 0 Å². The minimum Gasteiger partial charge on any atom is -0.366 e. The molecule has 2 saturated heterocycles. The van der Waals surface area contributed by atoms with Gasteiger partial charge in [0.15, 0.2) is 0 Å². The number of amides is 1. The average Bonchev–Trinajstić information content (AvgIpc) is 2.55. The third-order valence-corrected chi connectivity index (χ3v) is 4.36. The summed E-state index contributed by atoms with van der Waals surface area (Å²) < 4.78 is 32.0. The first-order valence-electron chi connectivity index (χ1n) is 7.93. The lowest BCUT2D eigenvalue weighted by Crippen LogP contribution is -2.53. The summed E-state index contributed by atoms with van der Waals surface area (Å²) in [5.41, 5.74) is 1.08. The van der Waals surface area contributed by atoms with Crippen molar-refractivity contribution in [1.29, 1.82) is 0 Å². The smallest absolute Gasteiger partial charge is 0.253 e. The van der Waals surface area contributed by atoms with Gasteiger partial charge in [-0.05, 0) is 11.6 Å². The zero-order valence-electron chi connectivity index (χ0n) is 13.0. The minimum absolute atomic E-state index is 0.105. The molecule has 0 bridgehead atoms. The number of alkyl halides is 2. The average molecular weight is 325 g/mol. The van der Waals surface area contributed by atoms with Gasteiger partial charge in [-0.2, -0.15) is 0 Å². The fraction of sp³-hybridized carbons (Fsp3) is 0.625. The van der Waals surface area contributed by atoms with Gasteiger partial charge in [0.1, 0.15) is 6.10 Å². The van der Waals surface area contributed by atoms with E-state index < -0.39 is 12.0 Å².